The minimum Gasteiger partial charge on any atom is -0.375 e. The van der Waals surface area contributed by atoms with Gasteiger partial charge >= 0.3 is 5.69 Å². The molecule has 0 radical (unpaired) electrons. The molecule has 2 aromatic rings. The molecule has 2 aromatic carbocycles. The monoisotopic (exact) mass is 448 g/mol. The first kappa shape index (κ1) is 24.2. The number of sulfone groups is 1. The summed E-state index contributed by atoms with van der Waals surface area (Å²) in [5, 5.41) is 9.73. The third kappa shape index (κ3) is 6.72. The van der Waals surface area contributed by atoms with Crippen LogP contribution in [0.5, 0.6) is 0 Å². The van der Waals surface area contributed by atoms with E-state index < -0.39 is 9.84 Å². The lowest BCUT2D eigenvalue weighted by Crippen LogP contribution is -2.22. The lowest BCUT2D eigenvalue weighted by Gasteiger charge is -2.26. The summed E-state index contributed by atoms with van der Waals surface area (Å²) in [7, 11) is -1.81. The highest BCUT2D eigenvalue weighted by atomic mass is 35.5. The normalized spacial score (nSPS) is 13.0. The summed E-state index contributed by atoms with van der Waals surface area (Å²) in [6.07, 6.45) is 2.13. The van der Waals surface area contributed by atoms with Crippen molar-refractivity contribution in [2.75, 3.05) is 18.5 Å². The zero-order chi connectivity index (χ0) is 22.5. The van der Waals surface area contributed by atoms with Crippen LogP contribution in [-0.2, 0) is 15.6 Å². The zero-order valence-electron chi connectivity index (χ0n) is 18.4. The smallest absolute Gasteiger partial charge is 0.375 e. The Kier molecular flexibility index (Phi) is 7.90. The Labute approximate surface area is 185 Å². The lowest BCUT2D eigenvalue weighted by atomic mass is 9.84. The van der Waals surface area contributed by atoms with Gasteiger partial charge in [-0.3, -0.25) is 0 Å². The molecule has 0 aliphatic carbocycles. The molecule has 0 N–H and O–H groups in total. The first-order chi connectivity index (χ1) is 13.9. The average molecular weight is 449 g/mol. The molecule has 0 heterocycles. The number of hydrogen-bond acceptors (Lipinski definition) is 4. The van der Waals surface area contributed by atoms with E-state index in [0.29, 0.717) is 16.5 Å². The summed E-state index contributed by atoms with van der Waals surface area (Å²) in [6, 6.07) is 11.7. The van der Waals surface area contributed by atoms with Gasteiger partial charge in [-0.05, 0) is 47.9 Å². The standard InChI is InChI=1S/C23H31ClN3O2S/c1-17(15-23(2,3)4)12-13-27(5)19-10-11-21(26-25)22(14-19)30(28,29)16-18-8-6-7-9-20(18)24/h6-11,14,17H,12-13,15-16H2,1-5H3/q+1. The van der Waals surface area contributed by atoms with Crippen molar-refractivity contribution >= 4 is 32.8 Å². The van der Waals surface area contributed by atoms with Crippen LogP contribution in [0.15, 0.2) is 47.4 Å². The molecular formula is C23H31ClN3O2S+. The van der Waals surface area contributed by atoms with Crippen LogP contribution in [0.1, 0.15) is 46.1 Å². The van der Waals surface area contributed by atoms with Crippen LogP contribution in [0.4, 0.5) is 11.4 Å². The highest BCUT2D eigenvalue weighted by Crippen LogP contribution is 2.33. The number of rotatable bonds is 8. The summed E-state index contributed by atoms with van der Waals surface area (Å²) < 4.78 is 26.2. The van der Waals surface area contributed by atoms with Crippen molar-refractivity contribution in [2.24, 2.45) is 11.3 Å². The van der Waals surface area contributed by atoms with Crippen molar-refractivity contribution in [3.05, 3.63) is 58.0 Å². The Balaban J connectivity index is 2.24. The number of hydrogen-bond donors (Lipinski definition) is 0. The van der Waals surface area contributed by atoms with Crippen molar-refractivity contribution in [1.82, 2.24) is 0 Å². The third-order valence-corrected chi connectivity index (χ3v) is 7.11. The Hall–Kier alpha value is -2.10. The highest BCUT2D eigenvalue weighted by Gasteiger charge is 2.28. The molecule has 1 unspecified atom stereocenters. The SMILES string of the molecule is CC(CCN(C)c1ccc([N+]#N)c(S(=O)(=O)Cc2ccccc2Cl)c1)CC(C)(C)C. The molecule has 0 aliphatic rings. The number of diazo groups is 1. The van der Waals surface area contributed by atoms with E-state index >= 15 is 0 Å². The number of benzene rings is 2. The fraction of sp³-hybridized carbons (Fsp3) is 0.478. The van der Waals surface area contributed by atoms with Crippen molar-refractivity contribution in [3.8, 4) is 0 Å². The van der Waals surface area contributed by atoms with E-state index in [1.807, 2.05) is 11.9 Å². The molecule has 0 bridgehead atoms. The molecule has 0 saturated carbocycles. The first-order valence-electron chi connectivity index (χ1n) is 10.1. The van der Waals surface area contributed by atoms with Crippen molar-refractivity contribution in [3.63, 3.8) is 0 Å². The van der Waals surface area contributed by atoms with E-state index in [0.717, 1.165) is 25.1 Å². The van der Waals surface area contributed by atoms with Crippen molar-refractivity contribution < 1.29 is 8.42 Å². The van der Waals surface area contributed by atoms with Crippen molar-refractivity contribution in [2.45, 2.75) is 51.2 Å². The maximum atomic E-state index is 13.1. The van der Waals surface area contributed by atoms with Crippen molar-refractivity contribution in [1.29, 1.82) is 5.39 Å². The summed E-state index contributed by atoms with van der Waals surface area (Å²) >= 11 is 6.14. The Morgan fingerprint density at radius 3 is 2.43 bits per heavy atom. The Morgan fingerprint density at radius 2 is 1.83 bits per heavy atom. The van der Waals surface area contributed by atoms with Gasteiger partial charge in [0, 0.05) is 30.4 Å². The van der Waals surface area contributed by atoms with E-state index in [2.05, 4.69) is 32.7 Å². The van der Waals surface area contributed by atoms with Crippen LogP contribution in [0.25, 0.3) is 4.98 Å². The molecule has 0 saturated heterocycles. The predicted molar refractivity (Wildman–Crippen MR) is 125 cm³/mol. The van der Waals surface area contributed by atoms with E-state index in [4.69, 9.17) is 11.6 Å². The second-order valence-corrected chi connectivity index (χ2v) is 11.5. The van der Waals surface area contributed by atoms with Gasteiger partial charge in [0.1, 0.15) is 0 Å². The topological polar surface area (TPSA) is 65.5 Å². The minimum atomic E-state index is -3.75. The summed E-state index contributed by atoms with van der Waals surface area (Å²) in [4.78, 5) is 5.22. The van der Waals surface area contributed by atoms with E-state index in [-0.39, 0.29) is 21.8 Å². The van der Waals surface area contributed by atoms with Crippen LogP contribution in [0.2, 0.25) is 5.02 Å². The highest BCUT2D eigenvalue weighted by molar-refractivity contribution is 7.90. The van der Waals surface area contributed by atoms with Crippen LogP contribution in [-0.4, -0.2) is 22.0 Å². The molecule has 0 fully saturated rings. The van der Waals surface area contributed by atoms with Gasteiger partial charge in [0.2, 0.25) is 5.39 Å². The number of nitrogens with zero attached hydrogens (tertiary/aromatic N) is 3. The largest absolute Gasteiger partial charge is 0.403 e. The third-order valence-electron chi connectivity index (χ3n) is 5.05. The Morgan fingerprint density at radius 1 is 1.17 bits per heavy atom. The molecule has 0 aromatic heterocycles. The first-order valence-corrected chi connectivity index (χ1v) is 12.1. The summed E-state index contributed by atoms with van der Waals surface area (Å²) in [5.41, 5.74) is 1.59. The number of anilines is 1. The van der Waals surface area contributed by atoms with E-state index in [1.54, 1.807) is 36.4 Å². The van der Waals surface area contributed by atoms with Crippen LogP contribution in [0, 0.1) is 16.7 Å². The average Bonchev–Trinajstić information content (AvgIpc) is 2.66. The lowest BCUT2D eigenvalue weighted by molar-refractivity contribution is 0.298. The second-order valence-electron chi connectivity index (χ2n) is 9.18. The summed E-state index contributed by atoms with van der Waals surface area (Å²) in [6.45, 7) is 9.75. The minimum absolute atomic E-state index is 0.00277. The molecule has 162 valence electrons. The van der Waals surface area contributed by atoms with Gasteiger partial charge in [0.25, 0.3) is 0 Å². The Bertz CT molecular complexity index is 1020. The molecule has 0 spiro atoms. The van der Waals surface area contributed by atoms with Gasteiger partial charge in [-0.15, -0.1) is 0 Å². The molecule has 30 heavy (non-hydrogen) atoms. The zero-order valence-corrected chi connectivity index (χ0v) is 20.0. The summed E-state index contributed by atoms with van der Waals surface area (Å²) in [5.74, 6) is 0.299. The number of halogens is 1. The molecule has 0 amide bonds. The van der Waals surface area contributed by atoms with Crippen LogP contribution < -0.4 is 4.90 Å². The molecule has 1 atom stereocenters. The van der Waals surface area contributed by atoms with E-state index in [1.165, 1.54) is 6.07 Å². The molecule has 0 aliphatic heterocycles. The van der Waals surface area contributed by atoms with E-state index in [9.17, 15) is 13.8 Å². The fourth-order valence-electron chi connectivity index (χ4n) is 3.66. The van der Waals surface area contributed by atoms with Gasteiger partial charge < -0.3 is 4.90 Å². The molecular weight excluding hydrogens is 418 g/mol. The fourth-order valence-corrected chi connectivity index (χ4v) is 5.49. The van der Waals surface area contributed by atoms with Gasteiger partial charge in [-0.2, -0.15) is 0 Å². The van der Waals surface area contributed by atoms with Crippen LogP contribution >= 0.6 is 11.6 Å². The second kappa shape index (κ2) is 9.80. The molecule has 5 nitrogen and oxygen atoms in total. The van der Waals surface area contributed by atoms with Gasteiger partial charge in [0.05, 0.1) is 5.75 Å². The van der Waals surface area contributed by atoms with Gasteiger partial charge in [-0.1, -0.05) is 57.5 Å². The predicted octanol–water partition coefficient (Wildman–Crippen LogP) is 6.70. The molecule has 2 rings (SSSR count). The maximum Gasteiger partial charge on any atom is 0.403 e. The quantitative estimate of drug-likeness (QED) is 0.421. The van der Waals surface area contributed by atoms with Gasteiger partial charge in [-0.25, -0.2) is 8.42 Å². The molecule has 7 heteroatoms. The van der Waals surface area contributed by atoms with Gasteiger partial charge in [0.15, 0.2) is 19.7 Å². The van der Waals surface area contributed by atoms with Crippen LogP contribution in [0.3, 0.4) is 0 Å². The maximum absolute atomic E-state index is 13.1.